The van der Waals surface area contributed by atoms with E-state index in [0.717, 1.165) is 25.7 Å². The van der Waals surface area contributed by atoms with E-state index in [4.69, 9.17) is 4.74 Å². The maximum Gasteiger partial charge on any atom is 0.410 e. The van der Waals surface area contributed by atoms with Gasteiger partial charge in [-0.2, -0.15) is 0 Å². The van der Waals surface area contributed by atoms with E-state index < -0.39 is 5.60 Å². The summed E-state index contributed by atoms with van der Waals surface area (Å²) in [5.41, 5.74) is -0.437. The van der Waals surface area contributed by atoms with E-state index in [1.807, 2.05) is 20.8 Å². The number of carbonyl (C=O) groups excluding carboxylic acids is 2. The average Bonchev–Trinajstić information content (AvgIpc) is 2.61. The van der Waals surface area contributed by atoms with Gasteiger partial charge in [0.05, 0.1) is 0 Å². The van der Waals surface area contributed by atoms with E-state index in [-0.39, 0.29) is 28.5 Å². The van der Waals surface area contributed by atoms with Crippen LogP contribution in [0.5, 0.6) is 0 Å². The number of nitrogens with zero attached hydrogens (tertiary/aromatic N) is 2. The molecule has 0 unspecified atom stereocenters. The van der Waals surface area contributed by atoms with Gasteiger partial charge >= 0.3 is 6.09 Å². The highest BCUT2D eigenvalue weighted by molar-refractivity contribution is 5.93. The summed E-state index contributed by atoms with van der Waals surface area (Å²) in [7, 11) is 0. The molecule has 1 aromatic heterocycles. The number of ether oxygens (including phenoxy) is 1. The Bertz CT molecular complexity index is 747. The molecule has 148 valence electrons. The number of nitrogens with one attached hydrogen (secondary N) is 1. The second-order valence-electron chi connectivity index (χ2n) is 8.67. The van der Waals surface area contributed by atoms with Gasteiger partial charge in [-0.1, -0.05) is 0 Å². The molecular weight excluding hydrogens is 346 g/mol. The normalized spacial score (nSPS) is 19.8. The standard InChI is InChI=1S/C20H29N3O4/c1-19(2,3)27-18(26)23-13-8-20(9-14-23)6-11-22(12-7-20)17(25)15-5-4-10-21-16(15)24/h4-5,10H,6-9,11-14H2,1-3H3,(H,21,24). The molecule has 0 aliphatic carbocycles. The van der Waals surface area contributed by atoms with Gasteiger partial charge in [-0.3, -0.25) is 9.59 Å². The summed E-state index contributed by atoms with van der Waals surface area (Å²) in [6.45, 7) is 8.32. The van der Waals surface area contributed by atoms with Gasteiger partial charge in [0.15, 0.2) is 0 Å². The van der Waals surface area contributed by atoms with Gasteiger partial charge < -0.3 is 19.5 Å². The van der Waals surface area contributed by atoms with Crippen LogP contribution in [0.3, 0.4) is 0 Å². The lowest BCUT2D eigenvalue weighted by Gasteiger charge is -2.46. The summed E-state index contributed by atoms with van der Waals surface area (Å²) in [4.78, 5) is 42.8. The molecule has 3 rings (SSSR count). The Morgan fingerprint density at radius 2 is 1.59 bits per heavy atom. The van der Waals surface area contributed by atoms with Gasteiger partial charge in [-0.25, -0.2) is 4.79 Å². The van der Waals surface area contributed by atoms with E-state index in [9.17, 15) is 14.4 Å². The minimum Gasteiger partial charge on any atom is -0.444 e. The van der Waals surface area contributed by atoms with E-state index in [1.165, 1.54) is 6.20 Å². The fourth-order valence-corrected chi connectivity index (χ4v) is 3.93. The Kier molecular flexibility index (Phi) is 5.31. The Balaban J connectivity index is 1.54. The van der Waals surface area contributed by atoms with Crippen molar-refractivity contribution in [3.05, 3.63) is 34.2 Å². The number of piperidine rings is 2. The van der Waals surface area contributed by atoms with Gasteiger partial charge in [0.2, 0.25) is 0 Å². The molecular formula is C20H29N3O4. The van der Waals surface area contributed by atoms with Crippen LogP contribution in [0.1, 0.15) is 56.8 Å². The minimum atomic E-state index is -0.479. The molecule has 1 N–H and O–H groups in total. The number of pyridine rings is 1. The second-order valence-corrected chi connectivity index (χ2v) is 8.67. The zero-order chi connectivity index (χ0) is 19.7. The topological polar surface area (TPSA) is 82.7 Å². The molecule has 0 radical (unpaired) electrons. The summed E-state index contributed by atoms with van der Waals surface area (Å²) >= 11 is 0. The molecule has 2 aliphatic rings. The minimum absolute atomic E-state index is 0.179. The molecule has 3 heterocycles. The Morgan fingerprint density at radius 1 is 1.04 bits per heavy atom. The van der Waals surface area contributed by atoms with Crippen molar-refractivity contribution in [3.63, 3.8) is 0 Å². The number of aromatic amines is 1. The van der Waals surface area contributed by atoms with Crippen molar-refractivity contribution >= 4 is 12.0 Å². The number of likely N-dealkylation sites (tertiary alicyclic amines) is 2. The zero-order valence-corrected chi connectivity index (χ0v) is 16.4. The van der Waals surface area contributed by atoms with Crippen LogP contribution >= 0.6 is 0 Å². The molecule has 7 heteroatoms. The van der Waals surface area contributed by atoms with Crippen molar-refractivity contribution in [2.75, 3.05) is 26.2 Å². The quantitative estimate of drug-likeness (QED) is 0.818. The van der Waals surface area contributed by atoms with E-state index in [1.54, 1.807) is 21.9 Å². The van der Waals surface area contributed by atoms with Crippen molar-refractivity contribution in [3.8, 4) is 0 Å². The number of hydrogen-bond acceptors (Lipinski definition) is 4. The molecule has 7 nitrogen and oxygen atoms in total. The first-order valence-electron chi connectivity index (χ1n) is 9.64. The van der Waals surface area contributed by atoms with Crippen molar-refractivity contribution in [2.24, 2.45) is 5.41 Å². The van der Waals surface area contributed by atoms with Crippen molar-refractivity contribution in [1.82, 2.24) is 14.8 Å². The molecule has 1 spiro atoms. The molecule has 2 aliphatic heterocycles. The monoisotopic (exact) mass is 375 g/mol. The van der Waals surface area contributed by atoms with Crippen LogP contribution in [0.25, 0.3) is 0 Å². The number of hydrogen-bond donors (Lipinski definition) is 1. The first-order valence-corrected chi connectivity index (χ1v) is 9.64. The smallest absolute Gasteiger partial charge is 0.410 e. The van der Waals surface area contributed by atoms with Crippen molar-refractivity contribution in [2.45, 2.75) is 52.1 Å². The fraction of sp³-hybridized carbons (Fsp3) is 0.650. The maximum atomic E-state index is 12.6. The third-order valence-electron chi connectivity index (χ3n) is 5.64. The number of amides is 2. The highest BCUT2D eigenvalue weighted by atomic mass is 16.6. The molecule has 2 fully saturated rings. The first kappa shape index (κ1) is 19.5. The van der Waals surface area contributed by atoms with E-state index in [2.05, 4.69) is 4.98 Å². The molecule has 0 aromatic carbocycles. The fourth-order valence-electron chi connectivity index (χ4n) is 3.93. The van der Waals surface area contributed by atoms with Gasteiger partial charge in [-0.05, 0) is 64.0 Å². The van der Waals surface area contributed by atoms with Gasteiger partial charge in [0.25, 0.3) is 11.5 Å². The summed E-state index contributed by atoms with van der Waals surface area (Å²) in [5.74, 6) is -0.196. The van der Waals surface area contributed by atoms with Crippen molar-refractivity contribution < 1.29 is 14.3 Å². The second kappa shape index (κ2) is 7.37. The molecule has 2 amide bonds. The number of aromatic nitrogens is 1. The lowest BCUT2D eigenvalue weighted by atomic mass is 9.71. The molecule has 2 saturated heterocycles. The molecule has 27 heavy (non-hydrogen) atoms. The Morgan fingerprint density at radius 3 is 2.11 bits per heavy atom. The highest BCUT2D eigenvalue weighted by Gasteiger charge is 2.40. The lowest BCUT2D eigenvalue weighted by molar-refractivity contribution is -0.00114. The van der Waals surface area contributed by atoms with Crippen LogP contribution in [0.15, 0.2) is 23.1 Å². The van der Waals surface area contributed by atoms with Crippen LogP contribution in [0.2, 0.25) is 0 Å². The number of H-pyrrole nitrogens is 1. The third kappa shape index (κ3) is 4.51. The summed E-state index contributed by atoms with van der Waals surface area (Å²) < 4.78 is 5.46. The van der Waals surface area contributed by atoms with Crippen LogP contribution in [0.4, 0.5) is 4.79 Å². The first-order chi connectivity index (χ1) is 12.7. The van der Waals surface area contributed by atoms with E-state index >= 15 is 0 Å². The van der Waals surface area contributed by atoms with Crippen LogP contribution in [0, 0.1) is 5.41 Å². The largest absolute Gasteiger partial charge is 0.444 e. The number of carbonyl (C=O) groups is 2. The summed E-state index contributed by atoms with van der Waals surface area (Å²) in [6, 6.07) is 3.25. The lowest BCUT2D eigenvalue weighted by Crippen LogP contribution is -2.50. The summed E-state index contributed by atoms with van der Waals surface area (Å²) in [5, 5.41) is 0. The SMILES string of the molecule is CC(C)(C)OC(=O)N1CCC2(CC1)CCN(C(=O)c1ccc[nH]c1=O)CC2. The van der Waals surface area contributed by atoms with Crippen LogP contribution in [-0.2, 0) is 4.74 Å². The van der Waals surface area contributed by atoms with Gasteiger partial charge in [0, 0.05) is 32.4 Å². The predicted molar refractivity (Wildman–Crippen MR) is 102 cm³/mol. The van der Waals surface area contributed by atoms with Crippen LogP contribution < -0.4 is 5.56 Å². The predicted octanol–water partition coefficient (Wildman–Crippen LogP) is 2.63. The van der Waals surface area contributed by atoms with E-state index in [0.29, 0.717) is 26.2 Å². The average molecular weight is 375 g/mol. The van der Waals surface area contributed by atoms with Crippen LogP contribution in [-0.4, -0.2) is 58.6 Å². The Labute approximate surface area is 159 Å². The maximum absolute atomic E-state index is 12.6. The van der Waals surface area contributed by atoms with Gasteiger partial charge in [-0.15, -0.1) is 0 Å². The molecule has 1 aromatic rings. The third-order valence-corrected chi connectivity index (χ3v) is 5.64. The molecule has 0 atom stereocenters. The Hall–Kier alpha value is -2.31. The van der Waals surface area contributed by atoms with Gasteiger partial charge in [0.1, 0.15) is 11.2 Å². The highest BCUT2D eigenvalue weighted by Crippen LogP contribution is 2.41. The van der Waals surface area contributed by atoms with Crippen molar-refractivity contribution in [1.29, 1.82) is 0 Å². The molecule has 0 saturated carbocycles. The summed E-state index contributed by atoms with van der Waals surface area (Å²) in [6.07, 6.45) is 4.97. The molecule has 0 bridgehead atoms. The number of rotatable bonds is 1. The zero-order valence-electron chi connectivity index (χ0n) is 16.4.